The summed E-state index contributed by atoms with van der Waals surface area (Å²) in [5, 5.41) is 4.57. The second kappa shape index (κ2) is 9.26. The molecule has 0 aliphatic rings. The van der Waals surface area contributed by atoms with Gasteiger partial charge in [0, 0.05) is 11.1 Å². The third kappa shape index (κ3) is 4.75. The summed E-state index contributed by atoms with van der Waals surface area (Å²) in [6, 6.07) is 14.8. The Kier molecular flexibility index (Phi) is 6.75. The Morgan fingerprint density at radius 3 is 2.68 bits per heavy atom. The summed E-state index contributed by atoms with van der Waals surface area (Å²) in [6.07, 6.45) is 0.863. The van der Waals surface area contributed by atoms with Crippen LogP contribution < -0.4 is 10.9 Å². The highest BCUT2D eigenvalue weighted by molar-refractivity contribution is 7.99. The number of nitrogens with one attached hydrogen (secondary N) is 1. The van der Waals surface area contributed by atoms with E-state index in [1.54, 1.807) is 22.8 Å². The molecule has 0 aliphatic heterocycles. The molecule has 0 saturated heterocycles. The maximum atomic E-state index is 13.1. The molecule has 0 radical (unpaired) electrons. The topological polar surface area (TPSA) is 64.0 Å². The van der Waals surface area contributed by atoms with Gasteiger partial charge in [-0.2, -0.15) is 0 Å². The van der Waals surface area contributed by atoms with Crippen molar-refractivity contribution in [1.82, 2.24) is 14.9 Å². The summed E-state index contributed by atoms with van der Waals surface area (Å²) in [6.45, 7) is 4.28. The van der Waals surface area contributed by atoms with Gasteiger partial charge in [-0.25, -0.2) is 4.98 Å². The minimum atomic E-state index is -0.143. The third-order valence-electron chi connectivity index (χ3n) is 4.47. The number of hydrogen-bond donors (Lipinski definition) is 1. The van der Waals surface area contributed by atoms with E-state index in [0.717, 1.165) is 12.0 Å². The number of hydrogen-bond acceptors (Lipinski definition) is 4. The van der Waals surface area contributed by atoms with Crippen LogP contribution in [-0.4, -0.2) is 27.3 Å². The van der Waals surface area contributed by atoms with Gasteiger partial charge in [0.2, 0.25) is 5.91 Å². The molecule has 1 atom stereocenters. The molecule has 2 aromatic carbocycles. The van der Waals surface area contributed by atoms with Gasteiger partial charge in [0.05, 0.1) is 23.2 Å². The first kappa shape index (κ1) is 20.4. The molecule has 146 valence electrons. The van der Waals surface area contributed by atoms with Gasteiger partial charge in [0.1, 0.15) is 0 Å². The largest absolute Gasteiger partial charge is 0.353 e. The number of carbonyl (C=O) groups excluding carboxylic acids is 1. The number of para-hydroxylation sites is 1. The van der Waals surface area contributed by atoms with Crippen molar-refractivity contribution in [2.75, 3.05) is 5.75 Å². The van der Waals surface area contributed by atoms with Crippen molar-refractivity contribution in [3.8, 4) is 0 Å². The van der Waals surface area contributed by atoms with Gasteiger partial charge in [-0.3, -0.25) is 14.2 Å². The zero-order chi connectivity index (χ0) is 20.1. The van der Waals surface area contributed by atoms with Crippen molar-refractivity contribution >= 4 is 40.2 Å². The summed E-state index contributed by atoms with van der Waals surface area (Å²) >= 11 is 7.55. The smallest absolute Gasteiger partial charge is 0.262 e. The Morgan fingerprint density at radius 1 is 1.21 bits per heavy atom. The first-order chi connectivity index (χ1) is 13.5. The van der Waals surface area contributed by atoms with Crippen LogP contribution in [-0.2, 0) is 11.3 Å². The van der Waals surface area contributed by atoms with Crippen LogP contribution in [0.1, 0.15) is 25.8 Å². The summed E-state index contributed by atoms with van der Waals surface area (Å²) in [5.41, 5.74) is 1.30. The van der Waals surface area contributed by atoms with E-state index in [2.05, 4.69) is 10.3 Å². The maximum Gasteiger partial charge on any atom is 0.262 e. The fourth-order valence-electron chi connectivity index (χ4n) is 2.74. The van der Waals surface area contributed by atoms with E-state index in [-0.39, 0.29) is 23.3 Å². The number of aromatic nitrogens is 2. The molecule has 0 unspecified atom stereocenters. The number of rotatable bonds is 7. The molecular formula is C21H22ClN3O2S. The van der Waals surface area contributed by atoms with Crippen molar-refractivity contribution < 1.29 is 4.79 Å². The minimum Gasteiger partial charge on any atom is -0.353 e. The highest BCUT2D eigenvalue weighted by Gasteiger charge is 2.15. The number of fused-ring (bicyclic) bond motifs is 1. The summed E-state index contributed by atoms with van der Waals surface area (Å²) in [7, 11) is 0. The second-order valence-electron chi connectivity index (χ2n) is 6.56. The lowest BCUT2D eigenvalue weighted by atomic mass is 10.2. The minimum absolute atomic E-state index is 0.0777. The van der Waals surface area contributed by atoms with Crippen LogP contribution in [0.4, 0.5) is 0 Å². The fraction of sp³-hybridized carbons (Fsp3) is 0.286. The van der Waals surface area contributed by atoms with Crippen LogP contribution in [0.15, 0.2) is 58.5 Å². The molecule has 5 nitrogen and oxygen atoms in total. The van der Waals surface area contributed by atoms with Gasteiger partial charge in [-0.1, -0.05) is 60.6 Å². The van der Waals surface area contributed by atoms with Crippen molar-refractivity contribution in [3.05, 3.63) is 69.5 Å². The molecule has 1 amide bonds. The lowest BCUT2D eigenvalue weighted by Crippen LogP contribution is -2.33. The van der Waals surface area contributed by atoms with Crippen molar-refractivity contribution in [2.24, 2.45) is 0 Å². The Hall–Kier alpha value is -2.31. The SMILES string of the molecule is CC[C@H](C)NC(=O)CSc1nc2ccccc2c(=O)n1Cc1ccccc1Cl. The van der Waals surface area contributed by atoms with Crippen LogP contribution in [0.5, 0.6) is 0 Å². The third-order valence-corrected chi connectivity index (χ3v) is 5.81. The summed E-state index contributed by atoms with van der Waals surface area (Å²) in [5.74, 6) is 0.114. The molecule has 0 fully saturated rings. The van der Waals surface area contributed by atoms with E-state index in [1.165, 1.54) is 11.8 Å². The number of thioether (sulfide) groups is 1. The van der Waals surface area contributed by atoms with Crippen molar-refractivity contribution in [1.29, 1.82) is 0 Å². The number of halogens is 1. The first-order valence-corrected chi connectivity index (χ1v) is 10.5. The molecule has 1 aromatic heterocycles. The van der Waals surface area contributed by atoms with Crippen molar-refractivity contribution in [3.63, 3.8) is 0 Å². The maximum absolute atomic E-state index is 13.1. The molecule has 3 aromatic rings. The molecule has 0 spiro atoms. The van der Waals surface area contributed by atoms with Gasteiger partial charge < -0.3 is 5.32 Å². The number of benzene rings is 2. The van der Waals surface area contributed by atoms with E-state index in [9.17, 15) is 9.59 Å². The zero-order valence-corrected chi connectivity index (χ0v) is 17.4. The first-order valence-electron chi connectivity index (χ1n) is 9.14. The molecule has 1 heterocycles. The quantitative estimate of drug-likeness (QED) is 0.466. The van der Waals surface area contributed by atoms with E-state index in [4.69, 9.17) is 11.6 Å². The predicted octanol–water partition coefficient (Wildman–Crippen LogP) is 4.11. The molecule has 0 saturated carbocycles. The van der Waals surface area contributed by atoms with E-state index in [1.807, 2.05) is 44.2 Å². The van der Waals surface area contributed by atoms with E-state index >= 15 is 0 Å². The lowest BCUT2D eigenvalue weighted by molar-refractivity contribution is -0.119. The average Bonchev–Trinajstić information content (AvgIpc) is 2.70. The molecule has 28 heavy (non-hydrogen) atoms. The Morgan fingerprint density at radius 2 is 1.93 bits per heavy atom. The Bertz CT molecular complexity index is 1050. The molecule has 0 bridgehead atoms. The number of nitrogens with zero attached hydrogens (tertiary/aromatic N) is 2. The van der Waals surface area contributed by atoms with Gasteiger partial charge in [-0.15, -0.1) is 0 Å². The van der Waals surface area contributed by atoms with Gasteiger partial charge >= 0.3 is 0 Å². The average molecular weight is 416 g/mol. The predicted molar refractivity (Wildman–Crippen MR) is 115 cm³/mol. The fourth-order valence-corrected chi connectivity index (χ4v) is 3.75. The van der Waals surface area contributed by atoms with Crippen LogP contribution in [0.3, 0.4) is 0 Å². The van der Waals surface area contributed by atoms with Gasteiger partial charge in [0.25, 0.3) is 5.56 Å². The van der Waals surface area contributed by atoms with Crippen molar-refractivity contribution in [2.45, 2.75) is 38.0 Å². The van der Waals surface area contributed by atoms with E-state index < -0.39 is 0 Å². The Balaban J connectivity index is 1.96. The molecule has 1 N–H and O–H groups in total. The zero-order valence-electron chi connectivity index (χ0n) is 15.8. The molecular weight excluding hydrogens is 394 g/mol. The standard InChI is InChI=1S/C21H22ClN3O2S/c1-3-14(2)23-19(26)13-28-21-24-18-11-7-5-9-16(18)20(27)25(21)12-15-8-4-6-10-17(15)22/h4-11,14H,3,12-13H2,1-2H3,(H,23,26)/t14-/m0/s1. The van der Waals surface area contributed by atoms with Crippen LogP contribution in [0, 0.1) is 0 Å². The molecule has 0 aliphatic carbocycles. The van der Waals surface area contributed by atoms with Crippen LogP contribution in [0.2, 0.25) is 5.02 Å². The highest BCUT2D eigenvalue weighted by atomic mass is 35.5. The van der Waals surface area contributed by atoms with Crippen LogP contribution >= 0.6 is 23.4 Å². The second-order valence-corrected chi connectivity index (χ2v) is 7.91. The Labute approximate surface area is 173 Å². The van der Waals surface area contributed by atoms with E-state index in [0.29, 0.717) is 27.6 Å². The molecule has 7 heteroatoms. The summed E-state index contributed by atoms with van der Waals surface area (Å²) in [4.78, 5) is 29.9. The number of amides is 1. The highest BCUT2D eigenvalue weighted by Crippen LogP contribution is 2.21. The van der Waals surface area contributed by atoms with Gasteiger partial charge in [-0.05, 0) is 37.1 Å². The molecule has 3 rings (SSSR count). The lowest BCUT2D eigenvalue weighted by Gasteiger charge is -2.15. The normalized spacial score (nSPS) is 12.1. The monoisotopic (exact) mass is 415 g/mol. The number of carbonyl (C=O) groups is 1. The van der Waals surface area contributed by atoms with Gasteiger partial charge in [0.15, 0.2) is 5.16 Å². The van der Waals surface area contributed by atoms with Crippen LogP contribution in [0.25, 0.3) is 10.9 Å². The summed E-state index contributed by atoms with van der Waals surface area (Å²) < 4.78 is 1.59.